The molecular weight excluding hydrogens is 262 g/mol. The lowest BCUT2D eigenvalue weighted by Gasteiger charge is -2.07. The SMILES string of the molecule is C/C=C/c1nc(C)c(CCOc2ccc3c(c2)CCC3)o1. The third kappa shape index (κ3) is 3.18. The van der Waals surface area contributed by atoms with Gasteiger partial charge >= 0.3 is 0 Å². The standard InChI is InChI=1S/C18H21NO2/c1-3-5-18-19-13(2)17(21-18)10-11-20-16-9-8-14-6-4-7-15(14)12-16/h3,5,8-9,12H,4,6-7,10-11H2,1-2H3/b5-3+. The molecule has 1 aromatic carbocycles. The van der Waals surface area contributed by atoms with Crippen molar-refractivity contribution in [1.82, 2.24) is 4.98 Å². The zero-order valence-corrected chi connectivity index (χ0v) is 12.7. The molecule has 110 valence electrons. The van der Waals surface area contributed by atoms with Crippen molar-refractivity contribution in [3.05, 3.63) is 52.7 Å². The lowest BCUT2D eigenvalue weighted by Crippen LogP contribution is -2.02. The molecule has 21 heavy (non-hydrogen) atoms. The van der Waals surface area contributed by atoms with Crippen LogP contribution in [0, 0.1) is 6.92 Å². The van der Waals surface area contributed by atoms with Gasteiger partial charge in [-0.15, -0.1) is 0 Å². The molecule has 0 bridgehead atoms. The Morgan fingerprint density at radius 3 is 3.00 bits per heavy atom. The van der Waals surface area contributed by atoms with Gasteiger partial charge in [0.15, 0.2) is 0 Å². The van der Waals surface area contributed by atoms with Crippen LogP contribution in [0.1, 0.15) is 41.8 Å². The number of benzene rings is 1. The predicted octanol–water partition coefficient (Wildman–Crippen LogP) is 4.13. The summed E-state index contributed by atoms with van der Waals surface area (Å²) in [5, 5.41) is 0. The van der Waals surface area contributed by atoms with Crippen LogP contribution in [0.4, 0.5) is 0 Å². The topological polar surface area (TPSA) is 35.3 Å². The Balaban J connectivity index is 1.58. The Bertz CT molecular complexity index is 655. The van der Waals surface area contributed by atoms with E-state index in [1.165, 1.54) is 30.4 Å². The van der Waals surface area contributed by atoms with E-state index >= 15 is 0 Å². The average Bonchev–Trinajstić information content (AvgIpc) is 3.06. The van der Waals surface area contributed by atoms with E-state index in [1.807, 2.05) is 26.0 Å². The fourth-order valence-electron chi connectivity index (χ4n) is 2.80. The summed E-state index contributed by atoms with van der Waals surface area (Å²) in [7, 11) is 0. The maximum absolute atomic E-state index is 5.85. The quantitative estimate of drug-likeness (QED) is 0.827. The van der Waals surface area contributed by atoms with Crippen molar-refractivity contribution in [2.45, 2.75) is 39.5 Å². The highest BCUT2D eigenvalue weighted by atomic mass is 16.5. The molecule has 1 aliphatic rings. The molecule has 0 aliphatic heterocycles. The van der Waals surface area contributed by atoms with Crippen LogP contribution >= 0.6 is 0 Å². The number of nitrogens with zero attached hydrogens (tertiary/aromatic N) is 1. The van der Waals surface area contributed by atoms with Gasteiger partial charge in [0.2, 0.25) is 5.89 Å². The van der Waals surface area contributed by atoms with E-state index in [4.69, 9.17) is 9.15 Å². The van der Waals surface area contributed by atoms with Crippen molar-refractivity contribution in [2.24, 2.45) is 0 Å². The summed E-state index contributed by atoms with van der Waals surface area (Å²) >= 11 is 0. The van der Waals surface area contributed by atoms with Crippen molar-refractivity contribution >= 4 is 6.08 Å². The summed E-state index contributed by atoms with van der Waals surface area (Å²) < 4.78 is 11.5. The fraction of sp³-hybridized carbons (Fsp3) is 0.389. The molecule has 3 rings (SSSR count). The second-order valence-corrected chi connectivity index (χ2v) is 5.44. The Labute approximate surface area is 125 Å². The summed E-state index contributed by atoms with van der Waals surface area (Å²) in [4.78, 5) is 4.36. The Hall–Kier alpha value is -2.03. The molecule has 0 radical (unpaired) electrons. The molecule has 0 atom stereocenters. The number of oxazole rings is 1. The maximum Gasteiger partial charge on any atom is 0.218 e. The number of fused-ring (bicyclic) bond motifs is 1. The molecule has 0 amide bonds. The first kappa shape index (κ1) is 13.9. The zero-order chi connectivity index (χ0) is 14.7. The second kappa shape index (κ2) is 6.17. The van der Waals surface area contributed by atoms with Crippen LogP contribution in [0.15, 0.2) is 28.7 Å². The molecule has 0 saturated heterocycles. The third-order valence-electron chi connectivity index (χ3n) is 3.89. The molecule has 3 heteroatoms. The first-order chi connectivity index (χ1) is 10.3. The van der Waals surface area contributed by atoms with Crippen LogP contribution in [0.5, 0.6) is 5.75 Å². The number of aryl methyl sites for hydroxylation is 3. The van der Waals surface area contributed by atoms with Gasteiger partial charge in [0.25, 0.3) is 0 Å². The van der Waals surface area contributed by atoms with Crippen LogP contribution in [0.25, 0.3) is 6.08 Å². The Morgan fingerprint density at radius 2 is 2.14 bits per heavy atom. The fourth-order valence-corrected chi connectivity index (χ4v) is 2.80. The summed E-state index contributed by atoms with van der Waals surface area (Å²) in [6.07, 6.45) is 8.20. The number of allylic oxidation sites excluding steroid dienone is 1. The zero-order valence-electron chi connectivity index (χ0n) is 12.7. The van der Waals surface area contributed by atoms with Crippen molar-refractivity contribution in [1.29, 1.82) is 0 Å². The monoisotopic (exact) mass is 283 g/mol. The lowest BCUT2D eigenvalue weighted by molar-refractivity contribution is 0.308. The van der Waals surface area contributed by atoms with Crippen LogP contribution < -0.4 is 4.74 Å². The van der Waals surface area contributed by atoms with Crippen LogP contribution in [-0.4, -0.2) is 11.6 Å². The molecular formula is C18H21NO2. The molecule has 0 saturated carbocycles. The van der Waals surface area contributed by atoms with E-state index in [-0.39, 0.29) is 0 Å². The maximum atomic E-state index is 5.85. The minimum Gasteiger partial charge on any atom is -0.493 e. The van der Waals surface area contributed by atoms with E-state index in [1.54, 1.807) is 0 Å². The molecule has 1 aromatic heterocycles. The van der Waals surface area contributed by atoms with E-state index in [0.717, 1.165) is 23.6 Å². The number of aromatic nitrogens is 1. The summed E-state index contributed by atoms with van der Waals surface area (Å²) in [5.41, 5.74) is 3.86. The molecule has 2 aromatic rings. The minimum absolute atomic E-state index is 0.615. The molecule has 0 fully saturated rings. The Kier molecular flexibility index (Phi) is 4.09. The molecule has 1 heterocycles. The van der Waals surface area contributed by atoms with Gasteiger partial charge in [0, 0.05) is 6.42 Å². The number of rotatable bonds is 5. The van der Waals surface area contributed by atoms with Gasteiger partial charge in [-0.1, -0.05) is 12.1 Å². The van der Waals surface area contributed by atoms with E-state index in [9.17, 15) is 0 Å². The van der Waals surface area contributed by atoms with E-state index < -0.39 is 0 Å². The van der Waals surface area contributed by atoms with E-state index in [2.05, 4.69) is 23.2 Å². The smallest absolute Gasteiger partial charge is 0.218 e. The normalized spacial score (nSPS) is 13.8. The summed E-state index contributed by atoms with van der Waals surface area (Å²) in [6, 6.07) is 6.45. The van der Waals surface area contributed by atoms with Crippen molar-refractivity contribution in [3.8, 4) is 5.75 Å². The molecule has 0 N–H and O–H groups in total. The third-order valence-corrected chi connectivity index (χ3v) is 3.89. The van der Waals surface area contributed by atoms with Gasteiger partial charge in [0.05, 0.1) is 12.3 Å². The summed E-state index contributed by atoms with van der Waals surface area (Å²) in [6.45, 7) is 4.54. The lowest BCUT2D eigenvalue weighted by atomic mass is 10.1. The van der Waals surface area contributed by atoms with E-state index in [0.29, 0.717) is 12.5 Å². The van der Waals surface area contributed by atoms with Crippen molar-refractivity contribution in [2.75, 3.05) is 6.61 Å². The predicted molar refractivity (Wildman–Crippen MR) is 83.6 cm³/mol. The minimum atomic E-state index is 0.615. The molecule has 1 aliphatic carbocycles. The van der Waals surface area contributed by atoms with Gasteiger partial charge < -0.3 is 9.15 Å². The highest BCUT2D eigenvalue weighted by molar-refractivity contribution is 5.39. The van der Waals surface area contributed by atoms with Gasteiger partial charge in [-0.25, -0.2) is 4.98 Å². The summed E-state index contributed by atoms with van der Waals surface area (Å²) in [5.74, 6) is 2.54. The van der Waals surface area contributed by atoms with Gasteiger partial charge in [0.1, 0.15) is 11.5 Å². The highest BCUT2D eigenvalue weighted by Crippen LogP contribution is 2.26. The van der Waals surface area contributed by atoms with Crippen molar-refractivity contribution < 1.29 is 9.15 Å². The largest absolute Gasteiger partial charge is 0.493 e. The number of hydrogen-bond acceptors (Lipinski definition) is 3. The van der Waals surface area contributed by atoms with Gasteiger partial charge in [-0.05, 0) is 62.4 Å². The molecule has 3 nitrogen and oxygen atoms in total. The van der Waals surface area contributed by atoms with Gasteiger partial charge in [-0.3, -0.25) is 0 Å². The Morgan fingerprint density at radius 1 is 1.29 bits per heavy atom. The van der Waals surface area contributed by atoms with Gasteiger partial charge in [-0.2, -0.15) is 0 Å². The molecule has 0 spiro atoms. The second-order valence-electron chi connectivity index (χ2n) is 5.44. The highest BCUT2D eigenvalue weighted by Gasteiger charge is 2.12. The average molecular weight is 283 g/mol. The first-order valence-corrected chi connectivity index (χ1v) is 7.60. The number of ether oxygens (including phenoxy) is 1. The van der Waals surface area contributed by atoms with Crippen LogP contribution in [0.3, 0.4) is 0 Å². The first-order valence-electron chi connectivity index (χ1n) is 7.60. The van der Waals surface area contributed by atoms with Crippen LogP contribution in [-0.2, 0) is 19.3 Å². The molecule has 0 unspecified atom stereocenters. The van der Waals surface area contributed by atoms with Crippen molar-refractivity contribution in [3.63, 3.8) is 0 Å². The van der Waals surface area contributed by atoms with Crippen LogP contribution in [0.2, 0.25) is 0 Å². The number of hydrogen-bond donors (Lipinski definition) is 0.